The zero-order valence-electron chi connectivity index (χ0n) is 21.5. The first-order chi connectivity index (χ1) is 18.6. The van der Waals surface area contributed by atoms with Crippen LogP contribution in [0.2, 0.25) is 0 Å². The third-order valence-corrected chi connectivity index (χ3v) is 8.09. The molecule has 0 radical (unpaired) electrons. The van der Waals surface area contributed by atoms with Crippen LogP contribution in [0, 0.1) is 0 Å². The van der Waals surface area contributed by atoms with E-state index in [0.717, 1.165) is 57.7 Å². The number of anilines is 2. The summed E-state index contributed by atoms with van der Waals surface area (Å²) in [5.74, 6) is 1.45. The van der Waals surface area contributed by atoms with E-state index in [4.69, 9.17) is 0 Å². The molecule has 3 aliphatic heterocycles. The van der Waals surface area contributed by atoms with Crippen LogP contribution in [0.25, 0.3) is 0 Å². The van der Waals surface area contributed by atoms with Crippen LogP contribution in [0.3, 0.4) is 0 Å². The third kappa shape index (κ3) is 5.32. The molecule has 198 valence electrons. The minimum absolute atomic E-state index is 0.0586. The van der Waals surface area contributed by atoms with Gasteiger partial charge in [-0.3, -0.25) is 9.69 Å². The molecule has 0 aliphatic carbocycles. The van der Waals surface area contributed by atoms with Crippen molar-refractivity contribution >= 4 is 17.5 Å². The predicted octanol–water partition coefficient (Wildman–Crippen LogP) is 1.98. The van der Waals surface area contributed by atoms with Gasteiger partial charge in [-0.15, -0.1) is 0 Å². The van der Waals surface area contributed by atoms with E-state index in [-0.39, 0.29) is 18.0 Å². The lowest BCUT2D eigenvalue weighted by Crippen LogP contribution is -2.56. The van der Waals surface area contributed by atoms with Gasteiger partial charge in [-0.1, -0.05) is 24.3 Å². The van der Waals surface area contributed by atoms with Crippen molar-refractivity contribution < 1.29 is 9.90 Å². The van der Waals surface area contributed by atoms with Gasteiger partial charge in [0.2, 0.25) is 0 Å². The normalized spacial score (nSPS) is 22.7. The number of rotatable bonds is 5. The third-order valence-electron chi connectivity index (χ3n) is 8.09. The molecule has 2 atom stereocenters. The smallest absolute Gasteiger partial charge is 0.272 e. The van der Waals surface area contributed by atoms with Crippen molar-refractivity contribution in [1.82, 2.24) is 29.7 Å². The van der Waals surface area contributed by atoms with Gasteiger partial charge in [0.05, 0.1) is 6.10 Å². The van der Waals surface area contributed by atoms with Gasteiger partial charge in [0, 0.05) is 63.6 Å². The van der Waals surface area contributed by atoms with Gasteiger partial charge < -0.3 is 20.2 Å². The second-order valence-corrected chi connectivity index (χ2v) is 10.4. The zero-order chi connectivity index (χ0) is 25.9. The van der Waals surface area contributed by atoms with Crippen LogP contribution in [-0.4, -0.2) is 91.7 Å². The van der Waals surface area contributed by atoms with Crippen LogP contribution in [0.4, 0.5) is 11.6 Å². The van der Waals surface area contributed by atoms with Crippen LogP contribution in [0.5, 0.6) is 0 Å². The maximum absolute atomic E-state index is 13.3. The van der Waals surface area contributed by atoms with Crippen molar-refractivity contribution in [3.63, 3.8) is 0 Å². The minimum Gasteiger partial charge on any atom is -0.390 e. The Balaban J connectivity index is 1.03. The number of β-amino-alcohol motifs (C(OH)–C–C–N with tert-alkyl or cyclic N) is 1. The minimum atomic E-state index is -0.586. The average molecular weight is 515 g/mol. The van der Waals surface area contributed by atoms with Gasteiger partial charge in [0.1, 0.15) is 30.0 Å². The van der Waals surface area contributed by atoms with Crippen molar-refractivity contribution in [2.24, 2.45) is 0 Å². The highest BCUT2D eigenvalue weighted by Gasteiger charge is 2.35. The molecule has 2 aromatic heterocycles. The molecule has 0 saturated carbocycles. The summed E-state index contributed by atoms with van der Waals surface area (Å²) < 4.78 is 0. The maximum atomic E-state index is 13.3. The highest BCUT2D eigenvalue weighted by molar-refractivity contribution is 5.93. The zero-order valence-corrected chi connectivity index (χ0v) is 21.5. The van der Waals surface area contributed by atoms with Crippen molar-refractivity contribution in [2.75, 3.05) is 42.9 Å². The quantitative estimate of drug-likeness (QED) is 0.528. The molecular weight excluding hydrogens is 480 g/mol. The van der Waals surface area contributed by atoms with Gasteiger partial charge in [0.15, 0.2) is 0 Å². The van der Waals surface area contributed by atoms with Crippen molar-refractivity contribution in [2.45, 2.75) is 50.4 Å². The number of piperidine rings is 2. The molecule has 2 fully saturated rings. The molecule has 1 amide bonds. The number of nitrogens with zero attached hydrogens (tertiary/aromatic N) is 7. The molecule has 2 saturated heterocycles. The maximum Gasteiger partial charge on any atom is 0.272 e. The second kappa shape index (κ2) is 11.0. The van der Waals surface area contributed by atoms with Gasteiger partial charge in [0.25, 0.3) is 5.91 Å². The number of aliphatic hydroxyl groups is 1. The molecule has 2 N–H and O–H groups in total. The summed E-state index contributed by atoms with van der Waals surface area (Å²) in [5.41, 5.74) is 3.10. The Morgan fingerprint density at radius 3 is 2.58 bits per heavy atom. The Bertz CT molecular complexity index is 1250. The molecule has 1 aromatic carbocycles. The van der Waals surface area contributed by atoms with E-state index in [9.17, 15) is 9.90 Å². The molecule has 38 heavy (non-hydrogen) atoms. The number of aliphatic hydroxyl groups excluding tert-OH is 1. The number of hydrogen-bond donors (Lipinski definition) is 2. The summed E-state index contributed by atoms with van der Waals surface area (Å²) in [7, 11) is 0. The van der Waals surface area contributed by atoms with E-state index in [0.29, 0.717) is 24.6 Å². The van der Waals surface area contributed by atoms with Crippen molar-refractivity contribution in [1.29, 1.82) is 0 Å². The molecule has 3 aromatic rings. The predicted molar refractivity (Wildman–Crippen MR) is 144 cm³/mol. The number of likely N-dealkylation sites (tertiary alicyclic amines) is 1. The first-order valence-corrected chi connectivity index (χ1v) is 13.5. The first kappa shape index (κ1) is 24.7. The molecule has 10 nitrogen and oxygen atoms in total. The number of fused-ring (bicyclic) bond motifs is 1. The summed E-state index contributed by atoms with van der Waals surface area (Å²) in [5, 5.41) is 14.5. The topological polar surface area (TPSA) is 111 Å². The lowest BCUT2D eigenvalue weighted by Gasteiger charge is -2.43. The summed E-state index contributed by atoms with van der Waals surface area (Å²) in [4.78, 5) is 36.6. The molecule has 0 spiro atoms. The van der Waals surface area contributed by atoms with E-state index < -0.39 is 6.10 Å². The number of benzene rings is 1. The molecular formula is C28H34N8O2. The Labute approximate surface area is 222 Å². The van der Waals surface area contributed by atoms with Gasteiger partial charge in [-0.2, -0.15) is 0 Å². The van der Waals surface area contributed by atoms with Gasteiger partial charge in [-0.05, 0) is 42.9 Å². The summed E-state index contributed by atoms with van der Waals surface area (Å²) >= 11 is 0. The van der Waals surface area contributed by atoms with E-state index in [1.54, 1.807) is 23.5 Å². The molecule has 10 heteroatoms. The van der Waals surface area contributed by atoms with Crippen LogP contribution >= 0.6 is 0 Å². The fourth-order valence-corrected chi connectivity index (χ4v) is 5.98. The van der Waals surface area contributed by atoms with Crippen molar-refractivity contribution in [3.8, 4) is 0 Å². The number of aromatic nitrogens is 4. The number of carbonyl (C=O) groups excluding carboxylic acids is 1. The standard InChI is InChI=1S/C28H34N8O2/c37-25-17-36(14-9-24(25)35-11-6-20-3-1-2-4-21(20)16-35)28(38)23-15-26(31-19-30-23)33-22-7-12-34(13-8-22)27-5-10-29-18-32-27/h1-5,10,15,18-19,22,24-25,37H,6-9,11-14,16-17H2,(H,30,31,33)/t24-,25-/m1/s1. The summed E-state index contributed by atoms with van der Waals surface area (Å²) in [6.45, 7) is 4.49. The van der Waals surface area contributed by atoms with Crippen LogP contribution in [-0.2, 0) is 13.0 Å². The van der Waals surface area contributed by atoms with Gasteiger partial charge in [-0.25, -0.2) is 19.9 Å². The van der Waals surface area contributed by atoms with Crippen molar-refractivity contribution in [3.05, 3.63) is 72.1 Å². The number of nitrogens with one attached hydrogen (secondary N) is 1. The largest absolute Gasteiger partial charge is 0.390 e. The van der Waals surface area contributed by atoms with Gasteiger partial charge >= 0.3 is 0 Å². The van der Waals surface area contributed by atoms with Crippen LogP contribution < -0.4 is 10.2 Å². The molecule has 5 heterocycles. The van der Waals surface area contributed by atoms with E-state index >= 15 is 0 Å². The summed E-state index contributed by atoms with van der Waals surface area (Å²) in [6.07, 6.45) is 7.83. The van der Waals surface area contributed by atoms with Crippen LogP contribution in [0.1, 0.15) is 40.9 Å². The molecule has 6 rings (SSSR count). The monoisotopic (exact) mass is 514 g/mol. The Kier molecular flexibility index (Phi) is 7.15. The Morgan fingerprint density at radius 1 is 0.947 bits per heavy atom. The fourth-order valence-electron chi connectivity index (χ4n) is 5.98. The molecule has 0 bridgehead atoms. The highest BCUT2D eigenvalue weighted by atomic mass is 16.3. The Morgan fingerprint density at radius 2 is 1.79 bits per heavy atom. The van der Waals surface area contributed by atoms with E-state index in [2.05, 4.69) is 59.3 Å². The Hall–Kier alpha value is -3.63. The number of carbonyl (C=O) groups is 1. The SMILES string of the molecule is O=C(c1cc(NC2CCN(c3ccncn3)CC2)ncn1)N1CC[C@@H](N2CCc3ccccc3C2)[C@H](O)C1. The van der Waals surface area contributed by atoms with E-state index in [1.807, 2.05) is 6.07 Å². The average Bonchev–Trinajstić information content (AvgIpc) is 2.97. The first-order valence-electron chi connectivity index (χ1n) is 13.5. The van der Waals surface area contributed by atoms with Crippen LogP contribution in [0.15, 0.2) is 55.2 Å². The summed E-state index contributed by atoms with van der Waals surface area (Å²) in [6, 6.07) is 12.5. The number of hydrogen-bond acceptors (Lipinski definition) is 9. The lowest BCUT2D eigenvalue weighted by atomic mass is 9.94. The highest BCUT2D eigenvalue weighted by Crippen LogP contribution is 2.26. The lowest BCUT2D eigenvalue weighted by molar-refractivity contribution is -0.0139. The fraction of sp³-hybridized carbons (Fsp3) is 0.464. The van der Waals surface area contributed by atoms with E-state index in [1.165, 1.54) is 17.5 Å². The molecule has 3 aliphatic rings. The second-order valence-electron chi connectivity index (χ2n) is 10.4. The number of amides is 1. The molecule has 0 unspecified atom stereocenters.